The molecule has 2 N–H and O–H groups in total. The molecule has 0 aliphatic carbocycles. The van der Waals surface area contributed by atoms with Gasteiger partial charge in [0.25, 0.3) is 0 Å². The number of carbonyl (C=O) groups is 1. The fraction of sp³-hybridized carbons (Fsp3) is 0.900. The van der Waals surface area contributed by atoms with E-state index in [2.05, 4.69) is 0 Å². The molecule has 0 bridgehead atoms. The maximum atomic E-state index is 11.4. The highest BCUT2D eigenvalue weighted by molar-refractivity contribution is 5.69. The molecule has 15 heavy (non-hydrogen) atoms. The normalized spacial score (nSPS) is 18.5. The molecule has 0 unspecified atom stereocenters. The van der Waals surface area contributed by atoms with Crippen molar-refractivity contribution in [2.45, 2.75) is 19.8 Å². The standard InChI is InChI=1S/C10H19NO4/c1-2-3-4-15-9(14)11-5-10(6-11,7-12)8-13/h12-13H,2-8H2,1H3. The van der Waals surface area contributed by atoms with Crippen molar-refractivity contribution in [3.63, 3.8) is 0 Å². The third-order valence-corrected chi connectivity index (χ3v) is 2.70. The highest BCUT2D eigenvalue weighted by Gasteiger charge is 2.45. The fourth-order valence-corrected chi connectivity index (χ4v) is 1.54. The van der Waals surface area contributed by atoms with E-state index >= 15 is 0 Å². The van der Waals surface area contributed by atoms with Crippen molar-refractivity contribution >= 4 is 6.09 Å². The van der Waals surface area contributed by atoms with Crippen LogP contribution in [0, 0.1) is 5.41 Å². The lowest BCUT2D eigenvalue weighted by Gasteiger charge is -2.47. The van der Waals surface area contributed by atoms with Gasteiger partial charge in [-0.25, -0.2) is 4.79 Å². The van der Waals surface area contributed by atoms with Gasteiger partial charge < -0.3 is 19.8 Å². The zero-order valence-electron chi connectivity index (χ0n) is 9.11. The van der Waals surface area contributed by atoms with Crippen LogP contribution in [0.5, 0.6) is 0 Å². The minimum Gasteiger partial charge on any atom is -0.449 e. The number of nitrogens with zero attached hydrogens (tertiary/aromatic N) is 1. The van der Waals surface area contributed by atoms with Crippen molar-refractivity contribution in [3.8, 4) is 0 Å². The first-order valence-electron chi connectivity index (χ1n) is 5.31. The van der Waals surface area contributed by atoms with E-state index in [1.165, 1.54) is 4.90 Å². The van der Waals surface area contributed by atoms with Crippen LogP contribution in [0.4, 0.5) is 4.79 Å². The molecule has 1 fully saturated rings. The molecule has 0 atom stereocenters. The molecule has 5 heteroatoms. The Hall–Kier alpha value is -0.810. The van der Waals surface area contributed by atoms with Crippen molar-refractivity contribution in [1.29, 1.82) is 0 Å². The van der Waals surface area contributed by atoms with Gasteiger partial charge in [-0.2, -0.15) is 0 Å². The van der Waals surface area contributed by atoms with E-state index in [1.54, 1.807) is 0 Å². The summed E-state index contributed by atoms with van der Waals surface area (Å²) in [6, 6.07) is 0. The molecule has 0 saturated carbocycles. The fourth-order valence-electron chi connectivity index (χ4n) is 1.54. The van der Waals surface area contributed by atoms with Gasteiger partial charge in [0.05, 0.1) is 25.2 Å². The second-order valence-electron chi connectivity index (χ2n) is 4.14. The Bertz CT molecular complexity index is 207. The number of likely N-dealkylation sites (tertiary alicyclic amines) is 1. The number of ether oxygens (including phenoxy) is 1. The van der Waals surface area contributed by atoms with Gasteiger partial charge in [-0.05, 0) is 6.42 Å². The molecule has 0 spiro atoms. The molecule has 1 amide bonds. The zero-order chi connectivity index (χ0) is 11.3. The minimum absolute atomic E-state index is 0.0950. The van der Waals surface area contributed by atoms with Crippen LogP contribution in [0.2, 0.25) is 0 Å². The van der Waals surface area contributed by atoms with Crippen LogP contribution in [0.1, 0.15) is 19.8 Å². The Morgan fingerprint density at radius 3 is 2.47 bits per heavy atom. The summed E-state index contributed by atoms with van der Waals surface area (Å²) in [5, 5.41) is 18.0. The monoisotopic (exact) mass is 217 g/mol. The maximum absolute atomic E-state index is 11.4. The summed E-state index contributed by atoms with van der Waals surface area (Å²) in [6.45, 7) is 3.04. The molecular formula is C10H19NO4. The Morgan fingerprint density at radius 1 is 1.40 bits per heavy atom. The lowest BCUT2D eigenvalue weighted by atomic mass is 9.82. The van der Waals surface area contributed by atoms with Gasteiger partial charge in [0, 0.05) is 13.1 Å². The smallest absolute Gasteiger partial charge is 0.409 e. The first-order chi connectivity index (χ1) is 7.17. The maximum Gasteiger partial charge on any atom is 0.409 e. The molecule has 88 valence electrons. The van der Waals surface area contributed by atoms with Gasteiger partial charge in [-0.1, -0.05) is 13.3 Å². The SMILES string of the molecule is CCCCOC(=O)N1CC(CO)(CO)C1. The molecule has 0 aromatic heterocycles. The highest BCUT2D eigenvalue weighted by atomic mass is 16.6. The summed E-state index contributed by atoms with van der Waals surface area (Å²) in [5.41, 5.74) is -0.510. The number of aliphatic hydroxyl groups excluding tert-OH is 2. The summed E-state index contributed by atoms with van der Waals surface area (Å²) >= 11 is 0. The van der Waals surface area contributed by atoms with Gasteiger partial charge >= 0.3 is 6.09 Å². The van der Waals surface area contributed by atoms with Crippen LogP contribution in [0.25, 0.3) is 0 Å². The summed E-state index contributed by atoms with van der Waals surface area (Å²) in [5.74, 6) is 0. The predicted octanol–water partition coefficient (Wildman–Crippen LogP) is 0.210. The topological polar surface area (TPSA) is 70.0 Å². The molecule has 0 aromatic rings. The molecule has 1 aliphatic heterocycles. The lowest BCUT2D eigenvalue weighted by molar-refractivity contribution is -0.0670. The summed E-state index contributed by atoms with van der Waals surface area (Å²) in [7, 11) is 0. The second kappa shape index (κ2) is 5.32. The molecule has 1 heterocycles. The molecule has 0 aromatic carbocycles. The van der Waals surface area contributed by atoms with E-state index in [0.717, 1.165) is 12.8 Å². The van der Waals surface area contributed by atoms with Gasteiger partial charge in [0.1, 0.15) is 0 Å². The van der Waals surface area contributed by atoms with Crippen molar-refractivity contribution < 1.29 is 19.7 Å². The molecular weight excluding hydrogens is 198 g/mol. The number of hydrogen-bond donors (Lipinski definition) is 2. The molecule has 1 rings (SSSR count). The lowest BCUT2D eigenvalue weighted by Crippen LogP contribution is -2.62. The molecule has 1 aliphatic rings. The first-order valence-corrected chi connectivity index (χ1v) is 5.31. The van der Waals surface area contributed by atoms with Crippen molar-refractivity contribution in [1.82, 2.24) is 4.90 Å². The summed E-state index contributed by atoms with van der Waals surface area (Å²) < 4.78 is 4.99. The minimum atomic E-state index is -0.510. The van der Waals surface area contributed by atoms with Crippen molar-refractivity contribution in [2.75, 3.05) is 32.9 Å². The van der Waals surface area contributed by atoms with E-state index in [9.17, 15) is 4.79 Å². The Kier molecular flexibility index (Phi) is 4.35. The average molecular weight is 217 g/mol. The second-order valence-corrected chi connectivity index (χ2v) is 4.14. The number of aliphatic hydroxyl groups is 2. The van der Waals surface area contributed by atoms with Crippen LogP contribution in [0.15, 0.2) is 0 Å². The van der Waals surface area contributed by atoms with Crippen LogP contribution in [-0.4, -0.2) is 54.1 Å². The van der Waals surface area contributed by atoms with Crippen molar-refractivity contribution in [2.24, 2.45) is 5.41 Å². The average Bonchev–Trinajstić information content (AvgIpc) is 2.18. The van der Waals surface area contributed by atoms with Crippen LogP contribution >= 0.6 is 0 Å². The van der Waals surface area contributed by atoms with Crippen molar-refractivity contribution in [3.05, 3.63) is 0 Å². The van der Waals surface area contributed by atoms with Crippen LogP contribution in [-0.2, 0) is 4.74 Å². The Morgan fingerprint density at radius 2 is 2.00 bits per heavy atom. The van der Waals surface area contributed by atoms with Crippen LogP contribution < -0.4 is 0 Å². The third-order valence-electron chi connectivity index (χ3n) is 2.70. The van der Waals surface area contributed by atoms with Crippen LogP contribution in [0.3, 0.4) is 0 Å². The van der Waals surface area contributed by atoms with E-state index in [0.29, 0.717) is 19.7 Å². The number of unbranched alkanes of at least 4 members (excludes halogenated alkanes) is 1. The van der Waals surface area contributed by atoms with E-state index in [1.807, 2.05) is 6.92 Å². The number of carbonyl (C=O) groups excluding carboxylic acids is 1. The molecule has 5 nitrogen and oxygen atoms in total. The highest BCUT2D eigenvalue weighted by Crippen LogP contribution is 2.29. The zero-order valence-corrected chi connectivity index (χ0v) is 9.11. The van der Waals surface area contributed by atoms with Gasteiger partial charge in [0.2, 0.25) is 0 Å². The van der Waals surface area contributed by atoms with Gasteiger partial charge in [-0.15, -0.1) is 0 Å². The Labute approximate surface area is 89.6 Å². The molecule has 0 radical (unpaired) electrons. The van der Waals surface area contributed by atoms with E-state index < -0.39 is 5.41 Å². The predicted molar refractivity (Wildman–Crippen MR) is 54.4 cm³/mol. The quantitative estimate of drug-likeness (QED) is 0.646. The summed E-state index contributed by atoms with van der Waals surface area (Å²) in [6.07, 6.45) is 1.51. The Balaban J connectivity index is 2.22. The van der Waals surface area contributed by atoms with E-state index in [4.69, 9.17) is 14.9 Å². The summed E-state index contributed by atoms with van der Waals surface area (Å²) in [4.78, 5) is 12.9. The van der Waals surface area contributed by atoms with Gasteiger partial charge in [0.15, 0.2) is 0 Å². The first kappa shape index (κ1) is 12.3. The molecule has 1 saturated heterocycles. The largest absolute Gasteiger partial charge is 0.449 e. The third kappa shape index (κ3) is 2.82. The number of rotatable bonds is 5. The number of amides is 1. The number of hydrogen-bond acceptors (Lipinski definition) is 4. The van der Waals surface area contributed by atoms with E-state index in [-0.39, 0.29) is 19.3 Å². The van der Waals surface area contributed by atoms with Gasteiger partial charge in [-0.3, -0.25) is 0 Å².